The molecule has 0 radical (unpaired) electrons. The highest BCUT2D eigenvalue weighted by Crippen LogP contribution is 2.19. The van der Waals surface area contributed by atoms with Gasteiger partial charge in [-0.3, -0.25) is 5.43 Å². The minimum atomic E-state index is 0.0165. The molecule has 0 spiro atoms. The molecule has 1 fully saturated rings. The van der Waals surface area contributed by atoms with Gasteiger partial charge in [-0.15, -0.1) is 0 Å². The van der Waals surface area contributed by atoms with Crippen molar-refractivity contribution in [3.05, 3.63) is 0 Å². The number of hydrogen-bond donors (Lipinski definition) is 2. The first-order valence-electron chi connectivity index (χ1n) is 5.91. The molecule has 0 aliphatic carbocycles. The van der Waals surface area contributed by atoms with Crippen molar-refractivity contribution in [1.82, 2.24) is 15.0 Å². The van der Waals surface area contributed by atoms with Gasteiger partial charge in [-0.25, -0.2) is 5.84 Å². The maximum Gasteiger partial charge on any atom is 0.323 e. The number of anilines is 2. The summed E-state index contributed by atoms with van der Waals surface area (Å²) in [5.74, 6) is 8.48. The van der Waals surface area contributed by atoms with Gasteiger partial charge in [-0.1, -0.05) is 0 Å². The van der Waals surface area contributed by atoms with Crippen molar-refractivity contribution >= 4 is 23.7 Å². The van der Waals surface area contributed by atoms with E-state index in [0.29, 0.717) is 17.9 Å². The lowest BCUT2D eigenvalue weighted by Gasteiger charge is -2.26. The monoisotopic (exact) mass is 270 g/mol. The van der Waals surface area contributed by atoms with Gasteiger partial charge in [0.1, 0.15) is 0 Å². The summed E-state index contributed by atoms with van der Waals surface area (Å²) in [5, 5.41) is 0. The average molecular weight is 270 g/mol. The number of aromatic nitrogens is 3. The molecule has 18 heavy (non-hydrogen) atoms. The molecule has 0 saturated carbocycles. The molecule has 2 heterocycles. The minimum absolute atomic E-state index is 0.0165. The summed E-state index contributed by atoms with van der Waals surface area (Å²) in [7, 11) is 0. The van der Waals surface area contributed by atoms with E-state index in [9.17, 15) is 0 Å². The number of rotatable bonds is 4. The van der Waals surface area contributed by atoms with Crippen molar-refractivity contribution in [3.8, 4) is 6.01 Å². The maximum absolute atomic E-state index is 5.50. The lowest BCUT2D eigenvalue weighted by Crippen LogP contribution is -2.34. The Hall–Kier alpha value is -1.28. The van der Waals surface area contributed by atoms with Crippen molar-refractivity contribution < 1.29 is 4.74 Å². The van der Waals surface area contributed by atoms with Gasteiger partial charge in [0.15, 0.2) is 0 Å². The van der Waals surface area contributed by atoms with Gasteiger partial charge in [0.25, 0.3) is 0 Å². The summed E-state index contributed by atoms with van der Waals surface area (Å²) < 4.78 is 5.50. The molecule has 0 aromatic carbocycles. The number of ether oxygens (including phenoxy) is 1. The Kier molecular flexibility index (Phi) is 4.43. The fraction of sp³-hybridized carbons (Fsp3) is 0.700. The highest BCUT2D eigenvalue weighted by Gasteiger charge is 2.17. The van der Waals surface area contributed by atoms with Gasteiger partial charge in [-0.2, -0.15) is 26.7 Å². The van der Waals surface area contributed by atoms with Crippen LogP contribution in [0.15, 0.2) is 0 Å². The third kappa shape index (κ3) is 3.36. The topological polar surface area (TPSA) is 89.2 Å². The second-order valence-corrected chi connectivity index (χ2v) is 5.38. The summed E-state index contributed by atoms with van der Waals surface area (Å²) >= 11 is 1.93. The van der Waals surface area contributed by atoms with E-state index in [4.69, 9.17) is 10.6 Å². The van der Waals surface area contributed by atoms with Gasteiger partial charge in [0, 0.05) is 24.6 Å². The summed E-state index contributed by atoms with van der Waals surface area (Å²) in [4.78, 5) is 14.8. The molecule has 0 atom stereocenters. The highest BCUT2D eigenvalue weighted by atomic mass is 32.2. The van der Waals surface area contributed by atoms with E-state index < -0.39 is 0 Å². The van der Waals surface area contributed by atoms with Crippen molar-refractivity contribution in [3.63, 3.8) is 0 Å². The lowest BCUT2D eigenvalue weighted by molar-refractivity contribution is 0.222. The largest absolute Gasteiger partial charge is 0.461 e. The first kappa shape index (κ1) is 13.2. The van der Waals surface area contributed by atoms with Crippen LogP contribution in [0, 0.1) is 0 Å². The SMILES string of the molecule is CC(C)Oc1nc(NN)nc(N2CCSCC2)n1. The maximum atomic E-state index is 5.50. The van der Waals surface area contributed by atoms with Crippen LogP contribution in [0.3, 0.4) is 0 Å². The van der Waals surface area contributed by atoms with Crippen molar-refractivity contribution in [2.45, 2.75) is 20.0 Å². The molecule has 1 aliphatic heterocycles. The van der Waals surface area contributed by atoms with Crippen LogP contribution in [0.4, 0.5) is 11.9 Å². The molecule has 0 bridgehead atoms. The fourth-order valence-electron chi connectivity index (χ4n) is 1.58. The Balaban J connectivity index is 2.22. The standard InChI is InChI=1S/C10H18N6OS/c1-7(2)17-10-13-8(15-11)12-9(14-10)16-3-5-18-6-4-16/h7H,3-6,11H2,1-2H3,(H,12,13,14,15). The number of nitrogens with two attached hydrogens (primary N) is 1. The molecular formula is C10H18N6OS. The van der Waals surface area contributed by atoms with Gasteiger partial charge < -0.3 is 9.64 Å². The molecule has 100 valence electrons. The molecule has 0 amide bonds. The number of nitrogens with one attached hydrogen (secondary N) is 1. The average Bonchev–Trinajstić information content (AvgIpc) is 2.38. The Labute approximate surface area is 110 Å². The zero-order valence-electron chi connectivity index (χ0n) is 10.6. The van der Waals surface area contributed by atoms with Crippen molar-refractivity contribution in [1.29, 1.82) is 0 Å². The van der Waals surface area contributed by atoms with E-state index in [1.165, 1.54) is 0 Å². The highest BCUT2D eigenvalue weighted by molar-refractivity contribution is 7.99. The molecule has 2 rings (SSSR count). The molecule has 1 aliphatic rings. The predicted octanol–water partition coefficient (Wildman–Crippen LogP) is 0.498. The molecule has 8 heteroatoms. The van der Waals surface area contributed by atoms with Crippen LogP contribution >= 0.6 is 11.8 Å². The number of nitrogen functional groups attached to an aromatic ring is 1. The molecule has 1 saturated heterocycles. The number of nitrogens with zero attached hydrogens (tertiary/aromatic N) is 4. The fourth-order valence-corrected chi connectivity index (χ4v) is 2.48. The van der Waals surface area contributed by atoms with Gasteiger partial charge in [0.2, 0.25) is 11.9 Å². The third-order valence-electron chi connectivity index (χ3n) is 2.37. The second kappa shape index (κ2) is 6.05. The summed E-state index contributed by atoms with van der Waals surface area (Å²) in [6.45, 7) is 5.71. The van der Waals surface area contributed by atoms with E-state index in [1.54, 1.807) is 0 Å². The number of hydrogen-bond acceptors (Lipinski definition) is 8. The quantitative estimate of drug-likeness (QED) is 0.604. The van der Waals surface area contributed by atoms with Gasteiger partial charge in [0.05, 0.1) is 6.10 Å². The molecular weight excluding hydrogens is 252 g/mol. The smallest absolute Gasteiger partial charge is 0.323 e. The van der Waals surface area contributed by atoms with Crippen LogP contribution in [0.1, 0.15) is 13.8 Å². The Morgan fingerprint density at radius 2 is 2.00 bits per heavy atom. The minimum Gasteiger partial charge on any atom is -0.461 e. The van der Waals surface area contributed by atoms with Crippen molar-refractivity contribution in [2.75, 3.05) is 34.9 Å². The summed E-state index contributed by atoms with van der Waals surface area (Å²) in [6.07, 6.45) is 0.0165. The normalized spacial score (nSPS) is 15.9. The van der Waals surface area contributed by atoms with E-state index in [0.717, 1.165) is 24.6 Å². The van der Waals surface area contributed by atoms with Crippen LogP contribution < -0.4 is 20.9 Å². The second-order valence-electron chi connectivity index (χ2n) is 4.15. The molecule has 1 aromatic rings. The van der Waals surface area contributed by atoms with Crippen LogP contribution in [0.25, 0.3) is 0 Å². The zero-order chi connectivity index (χ0) is 13.0. The Morgan fingerprint density at radius 3 is 2.61 bits per heavy atom. The van der Waals surface area contributed by atoms with E-state index >= 15 is 0 Å². The van der Waals surface area contributed by atoms with Gasteiger partial charge in [-0.05, 0) is 13.8 Å². The van der Waals surface area contributed by atoms with Crippen molar-refractivity contribution in [2.24, 2.45) is 5.84 Å². The predicted molar refractivity (Wildman–Crippen MR) is 72.9 cm³/mol. The number of hydrazine groups is 1. The molecule has 0 unspecified atom stereocenters. The number of thioether (sulfide) groups is 1. The van der Waals surface area contributed by atoms with Crippen LogP contribution in [0.5, 0.6) is 6.01 Å². The first-order chi connectivity index (χ1) is 8.69. The molecule has 1 aromatic heterocycles. The van der Waals surface area contributed by atoms with E-state index in [-0.39, 0.29) is 6.10 Å². The Bertz CT molecular complexity index is 396. The zero-order valence-corrected chi connectivity index (χ0v) is 11.4. The summed E-state index contributed by atoms with van der Waals surface area (Å²) in [5.41, 5.74) is 2.45. The Morgan fingerprint density at radius 1 is 1.28 bits per heavy atom. The molecule has 3 N–H and O–H groups in total. The van der Waals surface area contributed by atoms with Gasteiger partial charge >= 0.3 is 6.01 Å². The lowest BCUT2D eigenvalue weighted by atomic mass is 10.5. The van der Waals surface area contributed by atoms with Crippen LogP contribution in [-0.2, 0) is 0 Å². The molecule has 7 nitrogen and oxygen atoms in total. The first-order valence-corrected chi connectivity index (χ1v) is 7.06. The van der Waals surface area contributed by atoms with Crippen LogP contribution in [-0.4, -0.2) is 45.7 Å². The van der Waals surface area contributed by atoms with Crippen LogP contribution in [0.2, 0.25) is 0 Å². The van der Waals surface area contributed by atoms with E-state index in [2.05, 4.69) is 25.3 Å². The van der Waals surface area contributed by atoms with E-state index in [1.807, 2.05) is 25.6 Å². The summed E-state index contributed by atoms with van der Waals surface area (Å²) in [6, 6.07) is 0.307. The third-order valence-corrected chi connectivity index (χ3v) is 3.31.